The van der Waals surface area contributed by atoms with Gasteiger partial charge in [0, 0.05) is 22.6 Å². The number of carboxylic acid groups (broad SMARTS) is 1. The van der Waals surface area contributed by atoms with E-state index in [1.165, 1.54) is 0 Å². The topological polar surface area (TPSA) is 57.6 Å². The molecule has 0 bridgehead atoms. The van der Waals surface area contributed by atoms with E-state index in [0.717, 1.165) is 4.47 Å². The molecule has 1 N–H and O–H groups in total. The van der Waals surface area contributed by atoms with Crippen LogP contribution in [0.1, 0.15) is 23.7 Å². The molecule has 1 aromatic carbocycles. The molecule has 5 heteroatoms. The average molecular weight is 312 g/mol. The van der Waals surface area contributed by atoms with Crippen LogP contribution in [0.4, 0.5) is 0 Å². The number of halogens is 1. The Hall–Kier alpha value is -1.36. The predicted molar refractivity (Wildman–Crippen MR) is 70.4 cm³/mol. The van der Waals surface area contributed by atoms with Crippen molar-refractivity contribution in [3.63, 3.8) is 0 Å². The molecule has 1 fully saturated rings. The Morgan fingerprint density at radius 3 is 2.44 bits per heavy atom. The summed E-state index contributed by atoms with van der Waals surface area (Å²) in [6, 6.07) is 6.85. The van der Waals surface area contributed by atoms with Crippen LogP contribution in [0.5, 0.6) is 0 Å². The second kappa shape index (κ2) is 5.10. The maximum atomic E-state index is 12.3. The van der Waals surface area contributed by atoms with E-state index in [1.807, 2.05) is 12.1 Å². The van der Waals surface area contributed by atoms with Crippen molar-refractivity contribution in [2.45, 2.75) is 19.4 Å². The highest BCUT2D eigenvalue weighted by molar-refractivity contribution is 9.10. The smallest absolute Gasteiger partial charge is 0.308 e. The summed E-state index contributed by atoms with van der Waals surface area (Å²) in [4.78, 5) is 24.9. The van der Waals surface area contributed by atoms with Gasteiger partial charge in [0.15, 0.2) is 0 Å². The zero-order valence-electron chi connectivity index (χ0n) is 9.97. The first-order valence-electron chi connectivity index (χ1n) is 5.80. The van der Waals surface area contributed by atoms with Gasteiger partial charge in [0.05, 0.1) is 5.92 Å². The SMILES string of the molecule is CC1C(C(=O)O)CCN1C(=O)c1ccc(Br)cc1. The number of aliphatic carboxylic acids is 1. The molecule has 0 aliphatic carbocycles. The Balaban J connectivity index is 2.15. The van der Waals surface area contributed by atoms with Crippen LogP contribution in [0.25, 0.3) is 0 Å². The summed E-state index contributed by atoms with van der Waals surface area (Å²) >= 11 is 3.32. The molecule has 0 saturated carbocycles. The first-order valence-corrected chi connectivity index (χ1v) is 6.59. The molecule has 0 radical (unpaired) electrons. The molecule has 18 heavy (non-hydrogen) atoms. The molecule has 1 aromatic rings. The van der Waals surface area contributed by atoms with E-state index in [9.17, 15) is 9.59 Å². The fourth-order valence-corrected chi connectivity index (χ4v) is 2.58. The van der Waals surface area contributed by atoms with Crippen LogP contribution in [0.3, 0.4) is 0 Å². The van der Waals surface area contributed by atoms with Gasteiger partial charge in [0.2, 0.25) is 0 Å². The minimum Gasteiger partial charge on any atom is -0.481 e. The van der Waals surface area contributed by atoms with Gasteiger partial charge in [-0.2, -0.15) is 0 Å². The summed E-state index contributed by atoms with van der Waals surface area (Å²) in [5.74, 6) is -1.38. The number of amides is 1. The van der Waals surface area contributed by atoms with E-state index >= 15 is 0 Å². The number of hydrogen-bond acceptors (Lipinski definition) is 2. The van der Waals surface area contributed by atoms with Crippen molar-refractivity contribution in [1.82, 2.24) is 4.90 Å². The molecule has 1 aliphatic rings. The van der Waals surface area contributed by atoms with Crippen LogP contribution < -0.4 is 0 Å². The molecule has 96 valence electrons. The molecule has 2 atom stereocenters. The van der Waals surface area contributed by atoms with Crippen molar-refractivity contribution in [2.24, 2.45) is 5.92 Å². The molecular formula is C13H14BrNO3. The lowest BCUT2D eigenvalue weighted by molar-refractivity contribution is -0.142. The number of carbonyl (C=O) groups is 2. The highest BCUT2D eigenvalue weighted by atomic mass is 79.9. The fraction of sp³-hybridized carbons (Fsp3) is 0.385. The Morgan fingerprint density at radius 2 is 1.94 bits per heavy atom. The number of carbonyl (C=O) groups excluding carboxylic acids is 1. The third kappa shape index (κ3) is 2.41. The molecule has 1 amide bonds. The minimum absolute atomic E-state index is 0.0984. The summed E-state index contributed by atoms with van der Waals surface area (Å²) in [6.45, 7) is 2.30. The van der Waals surface area contributed by atoms with E-state index in [0.29, 0.717) is 18.5 Å². The van der Waals surface area contributed by atoms with Crippen molar-refractivity contribution in [1.29, 1.82) is 0 Å². The van der Waals surface area contributed by atoms with Gasteiger partial charge in [-0.3, -0.25) is 9.59 Å². The number of rotatable bonds is 2. The first kappa shape index (κ1) is 13.1. The highest BCUT2D eigenvalue weighted by Gasteiger charge is 2.38. The molecule has 4 nitrogen and oxygen atoms in total. The standard InChI is InChI=1S/C13H14BrNO3/c1-8-11(13(17)18)6-7-15(8)12(16)9-2-4-10(14)5-3-9/h2-5,8,11H,6-7H2,1H3,(H,17,18). The van der Waals surface area contributed by atoms with Crippen molar-refractivity contribution >= 4 is 27.8 Å². The third-order valence-electron chi connectivity index (χ3n) is 3.42. The second-order valence-corrected chi connectivity index (χ2v) is 5.40. The van der Waals surface area contributed by atoms with Crippen LogP contribution in [-0.2, 0) is 4.79 Å². The molecule has 2 rings (SSSR count). The van der Waals surface area contributed by atoms with Gasteiger partial charge in [0.1, 0.15) is 0 Å². The Bertz CT molecular complexity index is 472. The van der Waals surface area contributed by atoms with Gasteiger partial charge in [-0.05, 0) is 37.6 Å². The third-order valence-corrected chi connectivity index (χ3v) is 3.95. The van der Waals surface area contributed by atoms with E-state index in [1.54, 1.807) is 24.0 Å². The number of carboxylic acids is 1. The summed E-state index contributed by atoms with van der Waals surface area (Å²) in [5.41, 5.74) is 0.594. The summed E-state index contributed by atoms with van der Waals surface area (Å²) in [6.07, 6.45) is 0.527. The summed E-state index contributed by atoms with van der Waals surface area (Å²) in [5, 5.41) is 9.05. The van der Waals surface area contributed by atoms with Crippen molar-refractivity contribution in [3.05, 3.63) is 34.3 Å². The molecule has 1 heterocycles. The Kier molecular flexibility index (Phi) is 3.71. The monoisotopic (exact) mass is 311 g/mol. The molecular weight excluding hydrogens is 298 g/mol. The van der Waals surface area contributed by atoms with E-state index < -0.39 is 11.9 Å². The van der Waals surface area contributed by atoms with Crippen LogP contribution in [0, 0.1) is 5.92 Å². The number of nitrogens with zero attached hydrogens (tertiary/aromatic N) is 1. The van der Waals surface area contributed by atoms with E-state index in [-0.39, 0.29) is 11.9 Å². The second-order valence-electron chi connectivity index (χ2n) is 4.48. The van der Waals surface area contributed by atoms with Gasteiger partial charge in [-0.15, -0.1) is 0 Å². The molecule has 2 unspecified atom stereocenters. The van der Waals surface area contributed by atoms with Gasteiger partial charge >= 0.3 is 5.97 Å². The molecule has 0 spiro atoms. The normalized spacial score (nSPS) is 23.1. The maximum absolute atomic E-state index is 12.3. The lowest BCUT2D eigenvalue weighted by atomic mass is 10.0. The van der Waals surface area contributed by atoms with Crippen LogP contribution in [-0.4, -0.2) is 34.5 Å². The lowest BCUT2D eigenvalue weighted by Crippen LogP contribution is -2.37. The Labute approximate surface area is 114 Å². The molecule has 1 aliphatic heterocycles. The number of benzene rings is 1. The van der Waals surface area contributed by atoms with Gasteiger partial charge in [-0.25, -0.2) is 0 Å². The molecule has 1 saturated heterocycles. The molecule has 0 aromatic heterocycles. The first-order chi connectivity index (χ1) is 8.50. The van der Waals surface area contributed by atoms with Crippen LogP contribution >= 0.6 is 15.9 Å². The summed E-state index contributed by atoms with van der Waals surface area (Å²) in [7, 11) is 0. The average Bonchev–Trinajstić information content (AvgIpc) is 2.71. The largest absolute Gasteiger partial charge is 0.481 e. The quantitative estimate of drug-likeness (QED) is 0.912. The lowest BCUT2D eigenvalue weighted by Gasteiger charge is -2.23. The number of hydrogen-bond donors (Lipinski definition) is 1. The zero-order valence-corrected chi connectivity index (χ0v) is 11.6. The van der Waals surface area contributed by atoms with Gasteiger partial charge in [0.25, 0.3) is 5.91 Å². The van der Waals surface area contributed by atoms with E-state index in [4.69, 9.17) is 5.11 Å². The van der Waals surface area contributed by atoms with E-state index in [2.05, 4.69) is 15.9 Å². The van der Waals surface area contributed by atoms with Crippen molar-refractivity contribution < 1.29 is 14.7 Å². The zero-order chi connectivity index (χ0) is 13.3. The predicted octanol–water partition coefficient (Wildman–Crippen LogP) is 2.38. The minimum atomic E-state index is -0.825. The van der Waals surface area contributed by atoms with Crippen LogP contribution in [0.2, 0.25) is 0 Å². The fourth-order valence-electron chi connectivity index (χ4n) is 2.31. The van der Waals surface area contributed by atoms with Gasteiger partial charge < -0.3 is 10.0 Å². The highest BCUT2D eigenvalue weighted by Crippen LogP contribution is 2.26. The maximum Gasteiger partial charge on any atom is 0.308 e. The Morgan fingerprint density at radius 1 is 1.33 bits per heavy atom. The van der Waals surface area contributed by atoms with Gasteiger partial charge in [-0.1, -0.05) is 15.9 Å². The summed E-state index contributed by atoms with van der Waals surface area (Å²) < 4.78 is 0.914. The number of likely N-dealkylation sites (tertiary alicyclic amines) is 1. The van der Waals surface area contributed by atoms with Crippen molar-refractivity contribution in [2.75, 3.05) is 6.54 Å². The van der Waals surface area contributed by atoms with Crippen LogP contribution in [0.15, 0.2) is 28.7 Å². The van der Waals surface area contributed by atoms with Crippen molar-refractivity contribution in [3.8, 4) is 0 Å².